The lowest BCUT2D eigenvalue weighted by Gasteiger charge is -2.10. The number of ether oxygens (including phenoxy) is 1. The lowest BCUT2D eigenvalue weighted by atomic mass is 10.1. The topological polar surface area (TPSA) is 83.9 Å². The number of H-pyrrole nitrogens is 2. The summed E-state index contributed by atoms with van der Waals surface area (Å²) in [6.07, 6.45) is 2.34. The van der Waals surface area contributed by atoms with E-state index >= 15 is 0 Å². The van der Waals surface area contributed by atoms with Crippen LogP contribution in [0.1, 0.15) is 11.3 Å². The van der Waals surface area contributed by atoms with Crippen LogP contribution in [-0.4, -0.2) is 22.0 Å². The van der Waals surface area contributed by atoms with Gasteiger partial charge in [-0.25, -0.2) is 0 Å². The Kier molecular flexibility index (Phi) is 3.99. The standard InChI is InChI=1S/C20H19N3O2/c21-17(10-14-11-22-19-8-4-2-6-16(14)19)20(24)25-12-15-9-13-5-1-3-7-18(13)23-15/h1-9,11,17,22-23H,10,12,21H2/t17-/m0/s1. The van der Waals surface area contributed by atoms with Crippen molar-refractivity contribution in [2.75, 3.05) is 0 Å². The van der Waals surface area contributed by atoms with E-state index < -0.39 is 12.0 Å². The summed E-state index contributed by atoms with van der Waals surface area (Å²) in [5, 5.41) is 2.18. The summed E-state index contributed by atoms with van der Waals surface area (Å²) in [5.74, 6) is -0.399. The molecule has 0 radical (unpaired) electrons. The number of nitrogens with two attached hydrogens (primary N) is 1. The second kappa shape index (κ2) is 6.45. The first-order valence-electron chi connectivity index (χ1n) is 8.24. The number of benzene rings is 2. The first-order chi connectivity index (χ1) is 12.2. The monoisotopic (exact) mass is 333 g/mol. The quantitative estimate of drug-likeness (QED) is 0.490. The Morgan fingerprint density at radius 3 is 2.68 bits per heavy atom. The van der Waals surface area contributed by atoms with Gasteiger partial charge >= 0.3 is 5.97 Å². The molecule has 2 aromatic carbocycles. The number of aromatic nitrogens is 2. The highest BCUT2D eigenvalue weighted by Crippen LogP contribution is 2.19. The fraction of sp³-hybridized carbons (Fsp3) is 0.150. The number of hydrogen-bond acceptors (Lipinski definition) is 3. The molecule has 0 aliphatic carbocycles. The Bertz CT molecular complexity index is 998. The first-order valence-corrected chi connectivity index (χ1v) is 8.24. The van der Waals surface area contributed by atoms with E-state index in [-0.39, 0.29) is 6.61 Å². The predicted octanol–water partition coefficient (Wildman–Crippen LogP) is 3.26. The maximum absolute atomic E-state index is 12.2. The number of hydrogen-bond donors (Lipinski definition) is 3. The minimum Gasteiger partial charge on any atom is -0.458 e. The van der Waals surface area contributed by atoms with Crippen molar-refractivity contribution in [2.45, 2.75) is 19.1 Å². The molecule has 0 aliphatic heterocycles. The van der Waals surface area contributed by atoms with Crippen LogP contribution in [0.2, 0.25) is 0 Å². The molecule has 2 heterocycles. The molecule has 0 unspecified atom stereocenters. The van der Waals surface area contributed by atoms with Gasteiger partial charge in [0, 0.05) is 29.0 Å². The van der Waals surface area contributed by atoms with E-state index in [4.69, 9.17) is 10.5 Å². The Labute approximate surface area is 144 Å². The van der Waals surface area contributed by atoms with Gasteiger partial charge in [-0.2, -0.15) is 0 Å². The molecule has 0 saturated heterocycles. The minimum absolute atomic E-state index is 0.190. The van der Waals surface area contributed by atoms with Gasteiger partial charge in [0.2, 0.25) is 0 Å². The Morgan fingerprint density at radius 1 is 1.08 bits per heavy atom. The van der Waals surface area contributed by atoms with Gasteiger partial charge in [0.1, 0.15) is 12.6 Å². The number of fused-ring (bicyclic) bond motifs is 2. The van der Waals surface area contributed by atoms with Crippen LogP contribution in [0.15, 0.2) is 60.8 Å². The largest absolute Gasteiger partial charge is 0.458 e. The molecule has 5 nitrogen and oxygen atoms in total. The Hall–Kier alpha value is -3.05. The van der Waals surface area contributed by atoms with Crippen molar-refractivity contribution >= 4 is 27.8 Å². The highest BCUT2D eigenvalue weighted by molar-refractivity contribution is 5.84. The van der Waals surface area contributed by atoms with Crippen LogP contribution in [0.3, 0.4) is 0 Å². The van der Waals surface area contributed by atoms with E-state index in [1.54, 1.807) is 0 Å². The second-order valence-electron chi connectivity index (χ2n) is 6.16. The van der Waals surface area contributed by atoms with Crippen LogP contribution in [0.25, 0.3) is 21.8 Å². The third-order valence-corrected chi connectivity index (χ3v) is 4.37. The molecule has 0 aliphatic rings. The molecule has 4 N–H and O–H groups in total. The molecule has 4 aromatic rings. The molecular formula is C20H19N3O2. The molecule has 0 saturated carbocycles. The maximum atomic E-state index is 12.2. The molecule has 0 amide bonds. The third kappa shape index (κ3) is 3.14. The van der Waals surface area contributed by atoms with E-state index in [1.165, 1.54) is 0 Å². The summed E-state index contributed by atoms with van der Waals surface area (Å²) in [4.78, 5) is 18.7. The molecule has 2 aromatic heterocycles. The van der Waals surface area contributed by atoms with Gasteiger partial charge in [-0.1, -0.05) is 36.4 Å². The lowest BCUT2D eigenvalue weighted by Crippen LogP contribution is -2.34. The highest BCUT2D eigenvalue weighted by Gasteiger charge is 2.18. The molecular weight excluding hydrogens is 314 g/mol. The summed E-state index contributed by atoms with van der Waals surface area (Å²) < 4.78 is 5.37. The number of nitrogens with one attached hydrogen (secondary N) is 2. The van der Waals surface area contributed by atoms with Gasteiger partial charge in [0.15, 0.2) is 0 Å². The van der Waals surface area contributed by atoms with Crippen molar-refractivity contribution in [2.24, 2.45) is 5.73 Å². The van der Waals surface area contributed by atoms with Crippen molar-refractivity contribution in [1.82, 2.24) is 9.97 Å². The van der Waals surface area contributed by atoms with Crippen LogP contribution in [-0.2, 0) is 22.6 Å². The van der Waals surface area contributed by atoms with Crippen molar-refractivity contribution in [3.63, 3.8) is 0 Å². The summed E-state index contributed by atoms with van der Waals surface area (Å²) in [7, 11) is 0. The lowest BCUT2D eigenvalue weighted by molar-refractivity contribution is -0.146. The van der Waals surface area contributed by atoms with Crippen molar-refractivity contribution in [3.05, 3.63) is 72.1 Å². The van der Waals surface area contributed by atoms with Crippen molar-refractivity contribution < 1.29 is 9.53 Å². The summed E-state index contributed by atoms with van der Waals surface area (Å²) >= 11 is 0. The highest BCUT2D eigenvalue weighted by atomic mass is 16.5. The zero-order valence-electron chi connectivity index (χ0n) is 13.7. The Balaban J connectivity index is 1.40. The van der Waals surface area contributed by atoms with Gasteiger partial charge in [0.05, 0.1) is 5.69 Å². The fourth-order valence-corrected chi connectivity index (χ4v) is 3.09. The molecule has 25 heavy (non-hydrogen) atoms. The number of aromatic amines is 2. The summed E-state index contributed by atoms with van der Waals surface area (Å²) in [5.41, 5.74) is 9.98. The van der Waals surface area contributed by atoms with Gasteiger partial charge in [-0.15, -0.1) is 0 Å². The maximum Gasteiger partial charge on any atom is 0.323 e. The van der Waals surface area contributed by atoms with Crippen molar-refractivity contribution in [3.8, 4) is 0 Å². The molecule has 1 atom stereocenters. The van der Waals surface area contributed by atoms with Crippen LogP contribution >= 0.6 is 0 Å². The number of para-hydroxylation sites is 2. The van der Waals surface area contributed by atoms with E-state index in [1.807, 2.05) is 60.8 Å². The number of esters is 1. The number of rotatable bonds is 5. The average Bonchev–Trinajstić information content (AvgIpc) is 3.23. The van der Waals surface area contributed by atoms with Gasteiger partial charge in [-0.3, -0.25) is 4.79 Å². The van der Waals surface area contributed by atoms with Gasteiger partial charge in [-0.05, 0) is 29.1 Å². The van der Waals surface area contributed by atoms with E-state index in [9.17, 15) is 4.79 Å². The molecule has 126 valence electrons. The fourth-order valence-electron chi connectivity index (χ4n) is 3.09. The third-order valence-electron chi connectivity index (χ3n) is 4.37. The summed E-state index contributed by atoms with van der Waals surface area (Å²) in [6.45, 7) is 0.190. The smallest absolute Gasteiger partial charge is 0.323 e. The zero-order chi connectivity index (χ0) is 17.2. The number of carbonyl (C=O) groups is 1. The molecule has 0 bridgehead atoms. The first kappa shape index (κ1) is 15.5. The molecule has 5 heteroatoms. The van der Waals surface area contributed by atoms with Crippen LogP contribution in [0, 0.1) is 0 Å². The molecule has 4 rings (SSSR count). The van der Waals surface area contributed by atoms with E-state index in [2.05, 4.69) is 9.97 Å². The Morgan fingerprint density at radius 2 is 1.84 bits per heavy atom. The minimum atomic E-state index is -0.691. The van der Waals surface area contributed by atoms with Crippen LogP contribution in [0.5, 0.6) is 0 Å². The van der Waals surface area contributed by atoms with E-state index in [0.717, 1.165) is 33.1 Å². The molecule has 0 fully saturated rings. The van der Waals surface area contributed by atoms with Gasteiger partial charge < -0.3 is 20.4 Å². The van der Waals surface area contributed by atoms with Crippen molar-refractivity contribution in [1.29, 1.82) is 0 Å². The van der Waals surface area contributed by atoms with Gasteiger partial charge in [0.25, 0.3) is 0 Å². The average molecular weight is 333 g/mol. The SMILES string of the molecule is N[C@@H](Cc1c[nH]c2ccccc12)C(=O)OCc1cc2ccccc2[nH]1. The second-order valence-corrected chi connectivity index (χ2v) is 6.16. The normalized spacial score (nSPS) is 12.5. The molecule has 0 spiro atoms. The summed E-state index contributed by atoms with van der Waals surface area (Å²) in [6, 6.07) is 17.2. The van der Waals surface area contributed by atoms with Crippen LogP contribution in [0.4, 0.5) is 0 Å². The zero-order valence-corrected chi connectivity index (χ0v) is 13.7. The van der Waals surface area contributed by atoms with Crippen LogP contribution < -0.4 is 5.73 Å². The number of carbonyl (C=O) groups excluding carboxylic acids is 1. The predicted molar refractivity (Wildman–Crippen MR) is 98.1 cm³/mol. The van der Waals surface area contributed by atoms with E-state index in [0.29, 0.717) is 6.42 Å².